The molecule has 18 heavy (non-hydrogen) atoms. The van der Waals surface area contributed by atoms with Crippen LogP contribution >= 0.6 is 0 Å². The van der Waals surface area contributed by atoms with Crippen molar-refractivity contribution in [3.63, 3.8) is 0 Å². The number of amides is 2. The van der Waals surface area contributed by atoms with Crippen LogP contribution in [0, 0.1) is 11.3 Å². The van der Waals surface area contributed by atoms with Gasteiger partial charge in [0.2, 0.25) is 11.8 Å². The van der Waals surface area contributed by atoms with Crippen LogP contribution in [0.5, 0.6) is 0 Å². The lowest BCUT2D eigenvalue weighted by molar-refractivity contribution is -0.150. The minimum absolute atomic E-state index is 0.0225. The molecule has 0 bridgehead atoms. The number of hydrogen-bond donors (Lipinski definition) is 1. The first-order valence-electron chi connectivity index (χ1n) is 6.79. The van der Waals surface area contributed by atoms with E-state index >= 15 is 0 Å². The fraction of sp³-hybridized carbons (Fsp3) is 0.857. The molecule has 2 amide bonds. The quantitative estimate of drug-likeness (QED) is 0.835. The normalized spacial score (nSPS) is 27.1. The first-order valence-corrected chi connectivity index (χ1v) is 6.79. The van der Waals surface area contributed by atoms with Crippen molar-refractivity contribution >= 4 is 11.8 Å². The van der Waals surface area contributed by atoms with Gasteiger partial charge in [-0.1, -0.05) is 34.6 Å². The first kappa shape index (κ1) is 15.0. The molecule has 1 aliphatic rings. The van der Waals surface area contributed by atoms with Gasteiger partial charge in [-0.3, -0.25) is 9.59 Å². The highest BCUT2D eigenvalue weighted by Gasteiger charge is 2.39. The molecule has 3 atom stereocenters. The monoisotopic (exact) mass is 254 g/mol. The maximum Gasteiger partial charge on any atom is 0.245 e. The van der Waals surface area contributed by atoms with Crippen molar-refractivity contribution in [1.82, 2.24) is 10.2 Å². The Morgan fingerprint density at radius 3 is 2.33 bits per heavy atom. The third-order valence-corrected chi connectivity index (χ3v) is 4.03. The van der Waals surface area contributed by atoms with Crippen LogP contribution in [0.4, 0.5) is 0 Å². The smallest absolute Gasteiger partial charge is 0.245 e. The molecule has 4 heteroatoms. The largest absolute Gasteiger partial charge is 0.343 e. The van der Waals surface area contributed by atoms with Crippen molar-refractivity contribution in [3.8, 4) is 0 Å². The summed E-state index contributed by atoms with van der Waals surface area (Å²) < 4.78 is 0. The maximum atomic E-state index is 12.2. The van der Waals surface area contributed by atoms with E-state index in [1.54, 1.807) is 11.8 Å². The lowest BCUT2D eigenvalue weighted by Crippen LogP contribution is -2.63. The summed E-state index contributed by atoms with van der Waals surface area (Å²) in [6, 6.07) is -0.703. The highest BCUT2D eigenvalue weighted by molar-refractivity contribution is 5.96. The molecule has 1 aliphatic heterocycles. The molecule has 0 radical (unpaired) electrons. The van der Waals surface area contributed by atoms with Gasteiger partial charge >= 0.3 is 0 Å². The van der Waals surface area contributed by atoms with Crippen molar-refractivity contribution in [2.45, 2.75) is 60.0 Å². The van der Waals surface area contributed by atoms with E-state index in [4.69, 9.17) is 0 Å². The lowest BCUT2D eigenvalue weighted by atomic mass is 9.81. The van der Waals surface area contributed by atoms with Gasteiger partial charge in [0.05, 0.1) is 0 Å². The zero-order chi connectivity index (χ0) is 14.1. The van der Waals surface area contributed by atoms with Crippen LogP contribution in [-0.4, -0.2) is 35.3 Å². The van der Waals surface area contributed by atoms with Gasteiger partial charge < -0.3 is 10.2 Å². The molecule has 1 rings (SSSR count). The van der Waals surface area contributed by atoms with Crippen LogP contribution in [0.3, 0.4) is 0 Å². The molecule has 0 aliphatic carbocycles. The van der Waals surface area contributed by atoms with E-state index in [0.29, 0.717) is 18.9 Å². The molecule has 0 saturated carbocycles. The van der Waals surface area contributed by atoms with Gasteiger partial charge in [-0.25, -0.2) is 0 Å². The Kier molecular flexibility index (Phi) is 4.41. The molecule has 1 fully saturated rings. The Morgan fingerprint density at radius 1 is 1.33 bits per heavy atom. The van der Waals surface area contributed by atoms with Gasteiger partial charge in [-0.15, -0.1) is 0 Å². The van der Waals surface area contributed by atoms with Crippen LogP contribution in [0.1, 0.15) is 48.0 Å². The van der Waals surface area contributed by atoms with Gasteiger partial charge in [0.1, 0.15) is 12.1 Å². The van der Waals surface area contributed by atoms with Gasteiger partial charge in [0.15, 0.2) is 0 Å². The lowest BCUT2D eigenvalue weighted by Gasteiger charge is -2.41. The molecule has 0 aromatic heterocycles. The zero-order valence-corrected chi connectivity index (χ0v) is 12.4. The summed E-state index contributed by atoms with van der Waals surface area (Å²) in [5, 5.41) is 2.74. The van der Waals surface area contributed by atoms with Gasteiger partial charge in [0, 0.05) is 6.54 Å². The molecule has 0 spiro atoms. The van der Waals surface area contributed by atoms with Crippen molar-refractivity contribution in [1.29, 1.82) is 0 Å². The molecular formula is C14H26N2O2. The van der Waals surface area contributed by atoms with Gasteiger partial charge in [-0.05, 0) is 24.7 Å². The Hall–Kier alpha value is -1.06. The van der Waals surface area contributed by atoms with E-state index in [1.807, 2.05) is 6.92 Å². The van der Waals surface area contributed by atoms with E-state index in [-0.39, 0.29) is 23.3 Å². The second kappa shape index (κ2) is 5.29. The highest BCUT2D eigenvalue weighted by Crippen LogP contribution is 2.27. The number of carbonyl (C=O) groups is 2. The highest BCUT2D eigenvalue weighted by atomic mass is 16.2. The first-order chi connectivity index (χ1) is 8.18. The van der Waals surface area contributed by atoms with E-state index < -0.39 is 6.04 Å². The Bertz CT molecular complexity index is 333. The van der Waals surface area contributed by atoms with Crippen LogP contribution in [0.15, 0.2) is 0 Å². The third-order valence-electron chi connectivity index (χ3n) is 4.03. The summed E-state index contributed by atoms with van der Waals surface area (Å²) in [5.41, 5.74) is 0.135. The Morgan fingerprint density at radius 2 is 1.89 bits per heavy atom. The fourth-order valence-corrected chi connectivity index (χ4v) is 2.11. The van der Waals surface area contributed by atoms with E-state index in [9.17, 15) is 9.59 Å². The average molecular weight is 254 g/mol. The summed E-state index contributed by atoms with van der Waals surface area (Å²) in [5.74, 6) is 0.372. The number of nitrogens with zero attached hydrogens (tertiary/aromatic N) is 1. The van der Waals surface area contributed by atoms with E-state index in [1.165, 1.54) is 0 Å². The molecule has 4 nitrogen and oxygen atoms in total. The minimum Gasteiger partial charge on any atom is -0.343 e. The second-order valence-corrected chi connectivity index (χ2v) is 6.41. The molecule has 1 heterocycles. The third kappa shape index (κ3) is 3.03. The van der Waals surface area contributed by atoms with Crippen LogP contribution in [0.25, 0.3) is 0 Å². The molecule has 0 aromatic rings. The predicted octanol–water partition coefficient (Wildman–Crippen LogP) is 1.79. The van der Waals surface area contributed by atoms with Crippen molar-refractivity contribution < 1.29 is 9.59 Å². The topological polar surface area (TPSA) is 49.4 Å². The van der Waals surface area contributed by atoms with Crippen LogP contribution in [0.2, 0.25) is 0 Å². The van der Waals surface area contributed by atoms with Crippen LogP contribution < -0.4 is 5.32 Å². The minimum atomic E-state index is -0.396. The zero-order valence-electron chi connectivity index (χ0n) is 12.4. The van der Waals surface area contributed by atoms with Crippen molar-refractivity contribution in [3.05, 3.63) is 0 Å². The van der Waals surface area contributed by atoms with Crippen molar-refractivity contribution in [2.75, 3.05) is 6.54 Å². The Balaban J connectivity index is 2.87. The molecule has 1 saturated heterocycles. The van der Waals surface area contributed by atoms with E-state index in [0.717, 1.165) is 0 Å². The number of carbonyl (C=O) groups excluding carboxylic acids is 2. The number of rotatable bonds is 3. The van der Waals surface area contributed by atoms with E-state index in [2.05, 4.69) is 33.0 Å². The van der Waals surface area contributed by atoms with Crippen LogP contribution in [-0.2, 0) is 9.59 Å². The maximum absolute atomic E-state index is 12.2. The SMILES string of the molecule is CCC1C(=O)NC(C)C(=O)N1CC(C)C(C)(C)C. The summed E-state index contributed by atoms with van der Waals surface area (Å²) >= 11 is 0. The molecule has 1 N–H and O–H groups in total. The fourth-order valence-electron chi connectivity index (χ4n) is 2.11. The van der Waals surface area contributed by atoms with Gasteiger partial charge in [-0.2, -0.15) is 0 Å². The summed E-state index contributed by atoms with van der Waals surface area (Å²) in [4.78, 5) is 25.9. The molecular weight excluding hydrogens is 228 g/mol. The standard InChI is InChI=1S/C14H26N2O2/c1-7-11-12(17)15-10(3)13(18)16(11)8-9(2)14(4,5)6/h9-11H,7-8H2,1-6H3,(H,15,17). The second-order valence-electron chi connectivity index (χ2n) is 6.41. The number of hydrogen-bond acceptors (Lipinski definition) is 2. The average Bonchev–Trinajstić information content (AvgIpc) is 2.24. The summed E-state index contributed by atoms with van der Waals surface area (Å²) in [7, 11) is 0. The number of nitrogens with one attached hydrogen (secondary N) is 1. The Labute approximate surface area is 110 Å². The predicted molar refractivity (Wildman–Crippen MR) is 72.0 cm³/mol. The molecule has 0 aromatic carbocycles. The van der Waals surface area contributed by atoms with Gasteiger partial charge in [0.25, 0.3) is 0 Å². The number of piperazine rings is 1. The van der Waals surface area contributed by atoms with Crippen molar-refractivity contribution in [2.24, 2.45) is 11.3 Å². The summed E-state index contributed by atoms with van der Waals surface area (Å²) in [6.07, 6.45) is 0.668. The molecule has 3 unspecified atom stereocenters. The molecule has 104 valence electrons. The summed E-state index contributed by atoms with van der Waals surface area (Å²) in [6.45, 7) is 13.0.